The highest BCUT2D eigenvalue weighted by Gasteiger charge is 2.29. The summed E-state index contributed by atoms with van der Waals surface area (Å²) in [5, 5.41) is 17.3. The zero-order valence-electron chi connectivity index (χ0n) is 18.0. The van der Waals surface area contributed by atoms with Crippen LogP contribution in [0.3, 0.4) is 0 Å². The van der Waals surface area contributed by atoms with E-state index in [2.05, 4.69) is 11.1 Å². The zero-order chi connectivity index (χ0) is 23.1. The number of thiophene rings is 1. The minimum absolute atomic E-state index is 0.116. The Labute approximate surface area is 199 Å². The molecule has 0 radical (unpaired) electrons. The van der Waals surface area contributed by atoms with Crippen LogP contribution in [-0.2, 0) is 6.42 Å². The van der Waals surface area contributed by atoms with Crippen LogP contribution in [0.2, 0.25) is 0 Å². The SMILES string of the molecule is N#Cc1c(-c2ccccc2)[nH]c2sc3c(c2c1=O)N(c1ccccc1)N=C(c1ccccc1)C3. The first-order chi connectivity index (χ1) is 16.7. The minimum Gasteiger partial charge on any atom is -0.345 e. The highest BCUT2D eigenvalue weighted by molar-refractivity contribution is 7.19. The van der Waals surface area contributed by atoms with Crippen LogP contribution in [-0.4, -0.2) is 10.7 Å². The fourth-order valence-electron chi connectivity index (χ4n) is 4.36. The Balaban J connectivity index is 1.63. The summed E-state index contributed by atoms with van der Waals surface area (Å²) in [6.45, 7) is 0. The van der Waals surface area contributed by atoms with E-state index >= 15 is 0 Å². The van der Waals surface area contributed by atoms with Gasteiger partial charge >= 0.3 is 0 Å². The molecule has 1 aliphatic heterocycles. The standard InChI is InChI=1S/C28H18N4OS/c29-17-21-25(19-12-6-2-7-13-19)30-28-24(27(21)33)26-23(34-28)16-22(18-10-4-1-5-11-18)31-32(26)20-14-8-3-9-15-20/h1-15H,16H2,(H,30,33). The van der Waals surface area contributed by atoms with E-state index in [4.69, 9.17) is 5.10 Å². The van der Waals surface area contributed by atoms with E-state index < -0.39 is 0 Å². The molecule has 0 fully saturated rings. The number of pyridine rings is 1. The van der Waals surface area contributed by atoms with E-state index in [0.29, 0.717) is 17.5 Å². The number of aromatic nitrogens is 1. The van der Waals surface area contributed by atoms with Crippen LogP contribution in [0.25, 0.3) is 21.5 Å². The fourth-order valence-corrected chi connectivity index (χ4v) is 5.54. The van der Waals surface area contributed by atoms with Crippen LogP contribution in [0, 0.1) is 11.3 Å². The second kappa shape index (κ2) is 8.14. The fraction of sp³-hybridized carbons (Fsp3) is 0.0357. The van der Waals surface area contributed by atoms with Crippen LogP contribution in [0.15, 0.2) is 101 Å². The first-order valence-electron chi connectivity index (χ1n) is 10.9. The predicted octanol–water partition coefficient (Wildman–Crippen LogP) is 6.23. The van der Waals surface area contributed by atoms with Crippen molar-refractivity contribution in [2.45, 2.75) is 6.42 Å². The average molecular weight is 459 g/mol. The number of nitrogens with one attached hydrogen (secondary N) is 1. The lowest BCUT2D eigenvalue weighted by molar-refractivity contribution is 1.04. The molecule has 3 aromatic carbocycles. The maximum Gasteiger partial charge on any atom is 0.210 e. The molecule has 6 rings (SSSR count). The Bertz CT molecular complexity index is 1650. The number of rotatable bonds is 3. The number of hydrogen-bond acceptors (Lipinski definition) is 5. The van der Waals surface area contributed by atoms with E-state index in [1.54, 1.807) is 11.3 Å². The van der Waals surface area contributed by atoms with Gasteiger partial charge in [0.1, 0.15) is 16.5 Å². The normalized spacial score (nSPS) is 12.8. The molecule has 162 valence electrons. The van der Waals surface area contributed by atoms with Gasteiger partial charge < -0.3 is 4.98 Å². The highest BCUT2D eigenvalue weighted by Crippen LogP contribution is 2.43. The third-order valence-corrected chi connectivity index (χ3v) is 7.03. The quantitative estimate of drug-likeness (QED) is 0.348. The number of hydrazone groups is 1. The van der Waals surface area contributed by atoms with Gasteiger partial charge in [0.05, 0.1) is 28.2 Å². The number of fused-ring (bicyclic) bond motifs is 3. The molecule has 5 nitrogen and oxygen atoms in total. The molecule has 0 saturated heterocycles. The van der Waals surface area contributed by atoms with Gasteiger partial charge in [-0.25, -0.2) is 5.01 Å². The summed E-state index contributed by atoms with van der Waals surface area (Å²) in [7, 11) is 0. The molecule has 0 amide bonds. The minimum atomic E-state index is -0.271. The van der Waals surface area contributed by atoms with Crippen molar-refractivity contribution >= 4 is 38.6 Å². The lowest BCUT2D eigenvalue weighted by atomic mass is 10.0. The molecule has 0 spiro atoms. The van der Waals surface area contributed by atoms with Crippen molar-refractivity contribution in [2.24, 2.45) is 5.10 Å². The lowest BCUT2D eigenvalue weighted by Crippen LogP contribution is -2.22. The molecule has 0 aliphatic carbocycles. The molecular weight excluding hydrogens is 440 g/mol. The predicted molar refractivity (Wildman–Crippen MR) is 138 cm³/mol. The molecule has 0 saturated carbocycles. The molecule has 34 heavy (non-hydrogen) atoms. The van der Waals surface area contributed by atoms with Crippen LogP contribution in [0.1, 0.15) is 16.0 Å². The maximum absolute atomic E-state index is 13.7. The van der Waals surface area contributed by atoms with Crippen LogP contribution in [0.5, 0.6) is 0 Å². The number of anilines is 2. The molecule has 0 unspecified atom stereocenters. The Morgan fingerprint density at radius 3 is 2.15 bits per heavy atom. The number of para-hydroxylation sites is 1. The van der Waals surface area contributed by atoms with Gasteiger partial charge in [-0.3, -0.25) is 4.79 Å². The summed E-state index contributed by atoms with van der Waals surface area (Å²) in [5.74, 6) is 0. The molecule has 3 heterocycles. The molecule has 1 N–H and O–H groups in total. The van der Waals surface area contributed by atoms with E-state index in [-0.39, 0.29) is 11.0 Å². The molecule has 6 heteroatoms. The first kappa shape index (κ1) is 20.2. The van der Waals surface area contributed by atoms with Gasteiger partial charge in [-0.15, -0.1) is 11.3 Å². The topological polar surface area (TPSA) is 72.2 Å². The van der Waals surface area contributed by atoms with E-state index in [9.17, 15) is 10.1 Å². The van der Waals surface area contributed by atoms with Gasteiger partial charge in [-0.2, -0.15) is 10.4 Å². The number of hydrogen-bond donors (Lipinski definition) is 1. The number of H-pyrrole nitrogens is 1. The summed E-state index contributed by atoms with van der Waals surface area (Å²) in [6.07, 6.45) is 0.609. The molecular formula is C28H18N4OS. The van der Waals surface area contributed by atoms with Crippen molar-refractivity contribution in [3.63, 3.8) is 0 Å². The largest absolute Gasteiger partial charge is 0.345 e. The molecule has 0 atom stereocenters. The Morgan fingerprint density at radius 2 is 1.50 bits per heavy atom. The molecule has 1 aliphatic rings. The average Bonchev–Trinajstić information content (AvgIpc) is 3.28. The summed E-state index contributed by atoms with van der Waals surface area (Å²) in [4.78, 5) is 18.9. The third-order valence-electron chi connectivity index (χ3n) is 5.94. The van der Waals surface area contributed by atoms with Crippen molar-refractivity contribution in [1.82, 2.24) is 4.98 Å². The summed E-state index contributed by atoms with van der Waals surface area (Å²) >= 11 is 1.55. The van der Waals surface area contributed by atoms with Crippen LogP contribution >= 0.6 is 11.3 Å². The van der Waals surface area contributed by atoms with E-state index in [0.717, 1.165) is 37.9 Å². The van der Waals surface area contributed by atoms with Crippen molar-refractivity contribution in [2.75, 3.05) is 5.01 Å². The monoisotopic (exact) mass is 458 g/mol. The highest BCUT2D eigenvalue weighted by atomic mass is 32.1. The van der Waals surface area contributed by atoms with Gasteiger partial charge in [0, 0.05) is 11.3 Å². The van der Waals surface area contributed by atoms with Crippen molar-refractivity contribution in [1.29, 1.82) is 5.26 Å². The number of nitrogens with zero attached hydrogens (tertiary/aromatic N) is 3. The second-order valence-corrected chi connectivity index (χ2v) is 9.10. The lowest BCUT2D eigenvalue weighted by Gasteiger charge is -2.26. The van der Waals surface area contributed by atoms with Crippen molar-refractivity contribution < 1.29 is 0 Å². The second-order valence-electron chi connectivity index (χ2n) is 8.00. The Hall–Kier alpha value is -4.47. The van der Waals surface area contributed by atoms with Gasteiger partial charge in [-0.1, -0.05) is 78.9 Å². The van der Waals surface area contributed by atoms with Crippen molar-refractivity contribution in [3.8, 4) is 17.3 Å². The van der Waals surface area contributed by atoms with Crippen molar-refractivity contribution in [3.05, 3.63) is 117 Å². The maximum atomic E-state index is 13.7. The smallest absolute Gasteiger partial charge is 0.210 e. The van der Waals surface area contributed by atoms with Gasteiger partial charge in [0.25, 0.3) is 0 Å². The summed E-state index contributed by atoms with van der Waals surface area (Å²) in [5.41, 5.74) is 4.79. The Kier molecular flexibility index (Phi) is 4.83. The third kappa shape index (κ3) is 3.22. The first-order valence-corrected chi connectivity index (χ1v) is 11.7. The van der Waals surface area contributed by atoms with Crippen LogP contribution in [0.4, 0.5) is 11.4 Å². The summed E-state index contributed by atoms with van der Waals surface area (Å²) in [6, 6.07) is 31.5. The molecule has 5 aromatic rings. The summed E-state index contributed by atoms with van der Waals surface area (Å²) < 4.78 is 0. The van der Waals surface area contributed by atoms with E-state index in [1.807, 2.05) is 96.0 Å². The molecule has 0 bridgehead atoms. The van der Waals surface area contributed by atoms with Gasteiger partial charge in [-0.05, 0) is 23.3 Å². The number of aromatic amines is 1. The molecule has 2 aromatic heterocycles. The van der Waals surface area contributed by atoms with Crippen LogP contribution < -0.4 is 10.4 Å². The number of benzene rings is 3. The Morgan fingerprint density at radius 1 is 0.882 bits per heavy atom. The zero-order valence-corrected chi connectivity index (χ0v) is 18.8. The number of nitriles is 1. The van der Waals surface area contributed by atoms with Gasteiger partial charge in [0.2, 0.25) is 5.43 Å². The van der Waals surface area contributed by atoms with E-state index in [1.165, 1.54) is 0 Å². The van der Waals surface area contributed by atoms with Gasteiger partial charge in [0.15, 0.2) is 0 Å².